The number of hydrogen-bond donors (Lipinski definition) is 1. The number of amides is 1. The first-order chi connectivity index (χ1) is 15.8. The van der Waals surface area contributed by atoms with Crippen molar-refractivity contribution in [3.8, 4) is 0 Å². The van der Waals surface area contributed by atoms with Gasteiger partial charge in [-0.3, -0.25) is 14.6 Å². The summed E-state index contributed by atoms with van der Waals surface area (Å²) in [6.07, 6.45) is -3.04. The molecule has 0 bridgehead atoms. The lowest BCUT2D eigenvalue weighted by Gasteiger charge is -2.34. The van der Waals surface area contributed by atoms with Gasteiger partial charge in [-0.1, -0.05) is 12.1 Å². The van der Waals surface area contributed by atoms with Crippen LogP contribution in [0, 0.1) is 5.82 Å². The molecule has 10 heteroatoms. The second kappa shape index (κ2) is 9.72. The standard InChI is InChI=1S/C23H22F4N4O2/c24-18-5-7-19(8-6-18)28-22(32)20-15-33-21(29-20)14-31-11-9-30(10-12-31)13-16-1-3-17(4-2-16)23(25,26)27/h1-8,15H,9-14H2,(H,28,32). The van der Waals surface area contributed by atoms with E-state index in [1.54, 1.807) is 0 Å². The molecule has 1 N–H and O–H groups in total. The molecule has 1 amide bonds. The Balaban J connectivity index is 1.24. The molecule has 2 aromatic carbocycles. The molecular weight excluding hydrogens is 440 g/mol. The number of benzene rings is 2. The van der Waals surface area contributed by atoms with Gasteiger partial charge < -0.3 is 9.73 Å². The second-order valence-electron chi connectivity index (χ2n) is 7.83. The molecule has 3 aromatic rings. The van der Waals surface area contributed by atoms with Crippen molar-refractivity contribution >= 4 is 11.6 Å². The van der Waals surface area contributed by atoms with Crippen LogP contribution in [-0.4, -0.2) is 46.9 Å². The second-order valence-corrected chi connectivity index (χ2v) is 7.83. The summed E-state index contributed by atoms with van der Waals surface area (Å²) in [6.45, 7) is 4.00. The zero-order chi connectivity index (χ0) is 23.4. The third-order valence-electron chi connectivity index (χ3n) is 5.40. The summed E-state index contributed by atoms with van der Waals surface area (Å²) in [7, 11) is 0. The van der Waals surface area contributed by atoms with Crippen LogP contribution in [0.3, 0.4) is 0 Å². The van der Waals surface area contributed by atoms with E-state index in [2.05, 4.69) is 20.1 Å². The number of halogens is 4. The first-order valence-electron chi connectivity index (χ1n) is 10.4. The van der Waals surface area contributed by atoms with E-state index in [1.165, 1.54) is 42.7 Å². The Hall–Kier alpha value is -3.24. The maximum absolute atomic E-state index is 13.0. The highest BCUT2D eigenvalue weighted by Gasteiger charge is 2.30. The fraction of sp³-hybridized carbons (Fsp3) is 0.304. The average Bonchev–Trinajstić information content (AvgIpc) is 3.25. The van der Waals surface area contributed by atoms with Crippen molar-refractivity contribution in [3.05, 3.63) is 83.3 Å². The molecule has 33 heavy (non-hydrogen) atoms. The van der Waals surface area contributed by atoms with Crippen molar-refractivity contribution in [1.29, 1.82) is 0 Å². The molecule has 6 nitrogen and oxygen atoms in total. The fourth-order valence-corrected chi connectivity index (χ4v) is 3.57. The van der Waals surface area contributed by atoms with Crippen molar-refractivity contribution in [2.75, 3.05) is 31.5 Å². The van der Waals surface area contributed by atoms with Crippen molar-refractivity contribution in [1.82, 2.24) is 14.8 Å². The predicted octanol–water partition coefficient (Wildman–Crippen LogP) is 4.40. The summed E-state index contributed by atoms with van der Waals surface area (Å²) in [5.41, 5.74) is 0.777. The lowest BCUT2D eigenvalue weighted by molar-refractivity contribution is -0.137. The number of aromatic nitrogens is 1. The van der Waals surface area contributed by atoms with Gasteiger partial charge in [-0.25, -0.2) is 9.37 Å². The summed E-state index contributed by atoms with van der Waals surface area (Å²) in [5, 5.41) is 2.63. The van der Waals surface area contributed by atoms with Crippen LogP contribution in [0.2, 0.25) is 0 Å². The topological polar surface area (TPSA) is 61.6 Å². The Morgan fingerprint density at radius 1 is 0.939 bits per heavy atom. The number of nitrogens with one attached hydrogen (secondary N) is 1. The minimum Gasteiger partial charge on any atom is -0.447 e. The molecular formula is C23H22F4N4O2. The Labute approximate surface area is 187 Å². The fourth-order valence-electron chi connectivity index (χ4n) is 3.57. The van der Waals surface area contributed by atoms with E-state index >= 15 is 0 Å². The molecule has 0 atom stereocenters. The first-order valence-corrected chi connectivity index (χ1v) is 10.4. The number of rotatable bonds is 6. The summed E-state index contributed by atoms with van der Waals surface area (Å²) < 4.78 is 56.5. The molecule has 1 aliphatic rings. The third kappa shape index (κ3) is 6.17. The SMILES string of the molecule is O=C(Nc1ccc(F)cc1)c1coc(CN2CCN(Cc3ccc(C(F)(F)F)cc3)CC2)n1. The van der Waals surface area contributed by atoms with Crippen LogP contribution in [-0.2, 0) is 19.3 Å². The summed E-state index contributed by atoms with van der Waals surface area (Å²) in [4.78, 5) is 20.8. The molecule has 174 valence electrons. The Morgan fingerprint density at radius 3 is 2.15 bits per heavy atom. The van der Waals surface area contributed by atoms with E-state index in [-0.39, 0.29) is 5.69 Å². The van der Waals surface area contributed by atoms with Gasteiger partial charge in [0.05, 0.1) is 12.1 Å². The highest BCUT2D eigenvalue weighted by molar-refractivity contribution is 6.02. The molecule has 0 radical (unpaired) electrons. The number of nitrogens with zero attached hydrogens (tertiary/aromatic N) is 3. The number of oxazole rings is 1. The molecule has 1 fully saturated rings. The van der Waals surface area contributed by atoms with Crippen LogP contribution in [0.5, 0.6) is 0 Å². The van der Waals surface area contributed by atoms with E-state index < -0.39 is 23.5 Å². The van der Waals surface area contributed by atoms with Gasteiger partial charge in [-0.2, -0.15) is 13.2 Å². The molecule has 1 aromatic heterocycles. The van der Waals surface area contributed by atoms with Gasteiger partial charge >= 0.3 is 6.18 Å². The maximum Gasteiger partial charge on any atom is 0.416 e. The number of piperazine rings is 1. The lowest BCUT2D eigenvalue weighted by Crippen LogP contribution is -2.45. The maximum atomic E-state index is 13.0. The highest BCUT2D eigenvalue weighted by Crippen LogP contribution is 2.29. The Bertz CT molecular complexity index is 1070. The minimum atomic E-state index is -4.33. The molecule has 0 saturated carbocycles. The highest BCUT2D eigenvalue weighted by atomic mass is 19.4. The van der Waals surface area contributed by atoms with Gasteiger partial charge in [0.25, 0.3) is 5.91 Å². The van der Waals surface area contributed by atoms with E-state index in [9.17, 15) is 22.4 Å². The van der Waals surface area contributed by atoms with E-state index in [0.29, 0.717) is 24.7 Å². The van der Waals surface area contributed by atoms with Crippen LogP contribution in [0.1, 0.15) is 27.5 Å². The average molecular weight is 462 g/mol. The molecule has 2 heterocycles. The van der Waals surface area contributed by atoms with Crippen molar-refractivity contribution in [2.45, 2.75) is 19.3 Å². The van der Waals surface area contributed by atoms with Gasteiger partial charge in [0, 0.05) is 38.4 Å². The van der Waals surface area contributed by atoms with E-state index in [4.69, 9.17) is 4.42 Å². The van der Waals surface area contributed by atoms with Gasteiger partial charge in [0.15, 0.2) is 5.69 Å². The largest absolute Gasteiger partial charge is 0.447 e. The van der Waals surface area contributed by atoms with Crippen LogP contribution in [0.25, 0.3) is 0 Å². The number of hydrogen-bond acceptors (Lipinski definition) is 5. The molecule has 1 saturated heterocycles. The monoisotopic (exact) mass is 462 g/mol. The van der Waals surface area contributed by atoms with E-state index in [1.807, 2.05) is 0 Å². The first kappa shape index (κ1) is 22.9. The Morgan fingerprint density at radius 2 is 1.55 bits per heavy atom. The molecule has 4 rings (SSSR count). The Kier molecular flexibility index (Phi) is 6.75. The summed E-state index contributed by atoms with van der Waals surface area (Å²) in [6, 6.07) is 10.7. The van der Waals surface area contributed by atoms with Crippen molar-refractivity contribution in [2.24, 2.45) is 0 Å². The van der Waals surface area contributed by atoms with Crippen LogP contribution >= 0.6 is 0 Å². The zero-order valence-electron chi connectivity index (χ0n) is 17.6. The van der Waals surface area contributed by atoms with Gasteiger partial charge in [0.2, 0.25) is 5.89 Å². The zero-order valence-corrected chi connectivity index (χ0v) is 17.6. The van der Waals surface area contributed by atoms with Gasteiger partial charge in [-0.15, -0.1) is 0 Å². The van der Waals surface area contributed by atoms with E-state index in [0.717, 1.165) is 43.9 Å². The van der Waals surface area contributed by atoms with Crippen LogP contribution in [0.15, 0.2) is 59.2 Å². The third-order valence-corrected chi connectivity index (χ3v) is 5.40. The van der Waals surface area contributed by atoms with Crippen LogP contribution in [0.4, 0.5) is 23.2 Å². The smallest absolute Gasteiger partial charge is 0.416 e. The molecule has 1 aliphatic heterocycles. The van der Waals surface area contributed by atoms with Gasteiger partial charge in [-0.05, 0) is 42.0 Å². The quantitative estimate of drug-likeness (QED) is 0.551. The molecule has 0 aliphatic carbocycles. The summed E-state index contributed by atoms with van der Waals surface area (Å²) >= 11 is 0. The molecule has 0 unspecified atom stereocenters. The van der Waals surface area contributed by atoms with Crippen LogP contribution < -0.4 is 5.32 Å². The summed E-state index contributed by atoms with van der Waals surface area (Å²) in [5.74, 6) is -0.426. The number of carbonyl (C=O) groups excluding carboxylic acids is 1. The predicted molar refractivity (Wildman–Crippen MR) is 113 cm³/mol. The number of carbonyl (C=O) groups is 1. The number of alkyl halides is 3. The lowest BCUT2D eigenvalue weighted by atomic mass is 10.1. The molecule has 0 spiro atoms. The van der Waals surface area contributed by atoms with Crippen molar-refractivity contribution < 1.29 is 26.8 Å². The normalized spacial score (nSPS) is 15.5. The number of anilines is 1. The van der Waals surface area contributed by atoms with Crippen molar-refractivity contribution in [3.63, 3.8) is 0 Å². The van der Waals surface area contributed by atoms with Gasteiger partial charge in [0.1, 0.15) is 12.1 Å². The minimum absolute atomic E-state index is 0.135.